The van der Waals surface area contributed by atoms with E-state index >= 15 is 0 Å². The van der Waals surface area contributed by atoms with E-state index in [1.54, 1.807) is 22.7 Å². The second-order valence-corrected chi connectivity index (χ2v) is 7.84. The van der Waals surface area contributed by atoms with Gasteiger partial charge in [0.25, 0.3) is 5.91 Å². The fourth-order valence-electron chi connectivity index (χ4n) is 3.91. The third-order valence-electron chi connectivity index (χ3n) is 5.41. The predicted molar refractivity (Wildman–Crippen MR) is 92.4 cm³/mol. The average molecular weight is 437 g/mol. The number of hydrogen-bond donors (Lipinski definition) is 2. The highest BCUT2D eigenvalue weighted by Gasteiger charge is 2.47. The number of halogens is 3. The van der Waals surface area contributed by atoms with Gasteiger partial charge in [-0.25, -0.2) is 9.18 Å². The van der Waals surface area contributed by atoms with Gasteiger partial charge in [0.05, 0.1) is 19.0 Å². The Morgan fingerprint density at radius 3 is 2.48 bits per heavy atom. The number of urea groups is 1. The van der Waals surface area contributed by atoms with Crippen molar-refractivity contribution in [3.8, 4) is 0 Å². The van der Waals surface area contributed by atoms with E-state index in [9.17, 15) is 14.0 Å². The molecule has 0 spiro atoms. The molecule has 3 saturated heterocycles. The molecule has 0 aromatic heterocycles. The number of imide groups is 1. The number of nitrogens with zero attached hydrogens (tertiary/aromatic N) is 2. The summed E-state index contributed by atoms with van der Waals surface area (Å²) >= 11 is 1.64. The summed E-state index contributed by atoms with van der Waals surface area (Å²) in [4.78, 5) is 30.3. The van der Waals surface area contributed by atoms with Crippen molar-refractivity contribution in [3.63, 3.8) is 0 Å². The molecule has 3 fully saturated rings. The molecule has 3 amide bonds. The zero-order valence-electron chi connectivity index (χ0n) is 14.8. The molecule has 3 aliphatic heterocycles. The topological polar surface area (TPSA) is 49.5 Å². The Balaban J connectivity index is 0.00000131. The van der Waals surface area contributed by atoms with Gasteiger partial charge in [-0.05, 0) is 6.07 Å². The molecule has 3 heterocycles. The molecule has 1 aromatic carbocycles. The van der Waals surface area contributed by atoms with Crippen LogP contribution >= 0.6 is 11.8 Å². The molecule has 0 radical (unpaired) electrons. The first-order chi connectivity index (χ1) is 12.1. The number of quaternary nitrogens is 2. The van der Waals surface area contributed by atoms with E-state index in [-0.39, 0.29) is 48.6 Å². The molecular formula is C17H23Cl2FN4O2S. The van der Waals surface area contributed by atoms with Gasteiger partial charge in [-0.2, -0.15) is 0 Å². The van der Waals surface area contributed by atoms with Crippen LogP contribution in [0.15, 0.2) is 24.3 Å². The number of carbonyl (C=O) groups is 2. The fourth-order valence-corrected chi connectivity index (χ4v) is 5.05. The second-order valence-electron chi connectivity index (χ2n) is 6.84. The predicted octanol–water partition coefficient (Wildman–Crippen LogP) is -7.41. The monoisotopic (exact) mass is 436 g/mol. The van der Waals surface area contributed by atoms with Gasteiger partial charge in [-0.15, -0.1) is 11.8 Å². The maximum absolute atomic E-state index is 13.9. The number of rotatable bonds is 4. The number of para-hydroxylation sites is 1. The molecule has 1 atom stereocenters. The van der Waals surface area contributed by atoms with Gasteiger partial charge in [-0.1, -0.05) is 12.1 Å². The summed E-state index contributed by atoms with van der Waals surface area (Å²) in [6.07, 6.45) is 0. The fraction of sp³-hybridized carbons (Fsp3) is 0.529. The summed E-state index contributed by atoms with van der Waals surface area (Å²) < 4.78 is 13.9. The van der Waals surface area contributed by atoms with Crippen molar-refractivity contribution in [1.82, 2.24) is 9.80 Å². The summed E-state index contributed by atoms with van der Waals surface area (Å²) in [5, 5.41) is 0. The van der Waals surface area contributed by atoms with Gasteiger partial charge in [0.15, 0.2) is 11.5 Å². The molecule has 0 bridgehead atoms. The Morgan fingerprint density at radius 2 is 1.81 bits per heavy atom. The number of carbonyl (C=O) groups excluding carboxylic acids is 2. The van der Waals surface area contributed by atoms with E-state index in [2.05, 4.69) is 0 Å². The number of piperazine rings is 1. The molecule has 3 aliphatic rings. The van der Waals surface area contributed by atoms with Crippen LogP contribution in [0.4, 0.5) is 14.9 Å². The Hall–Kier alpha value is -1.06. The zero-order chi connectivity index (χ0) is 17.4. The van der Waals surface area contributed by atoms with Gasteiger partial charge in [0, 0.05) is 11.8 Å². The summed E-state index contributed by atoms with van der Waals surface area (Å²) in [7, 11) is 0. The SMILES string of the molecule is O=C1C2CSCN2C(=O)N1CC[NH+]1CC[NH+](c2ccccc2F)CC1.[Cl-].[Cl-]. The van der Waals surface area contributed by atoms with Gasteiger partial charge in [-0.3, -0.25) is 14.6 Å². The molecule has 0 saturated carbocycles. The lowest BCUT2D eigenvalue weighted by molar-refractivity contribution is -0.986. The van der Waals surface area contributed by atoms with Crippen molar-refractivity contribution in [3.05, 3.63) is 30.1 Å². The highest BCUT2D eigenvalue weighted by molar-refractivity contribution is 7.99. The van der Waals surface area contributed by atoms with Crippen molar-refractivity contribution < 1.29 is 48.6 Å². The Bertz CT molecular complexity index is 669. The highest BCUT2D eigenvalue weighted by atomic mass is 35.5. The standard InChI is InChI=1S/C17H21FN4O2S.2ClH/c18-13-3-1-2-4-14(13)20-8-5-19(6-9-20)7-10-21-16(23)15-11-25-12-22(15)17(21)24;;/h1-4,15H,5-12H2;2*1H. The van der Waals surface area contributed by atoms with Gasteiger partial charge in [0.2, 0.25) is 0 Å². The van der Waals surface area contributed by atoms with Crippen LogP contribution in [-0.2, 0) is 4.79 Å². The van der Waals surface area contributed by atoms with E-state index in [0.29, 0.717) is 12.4 Å². The van der Waals surface area contributed by atoms with Crippen LogP contribution in [0.3, 0.4) is 0 Å². The minimum Gasteiger partial charge on any atom is -1.00 e. The molecule has 4 rings (SSSR count). The smallest absolute Gasteiger partial charge is 0.328 e. The van der Waals surface area contributed by atoms with Crippen molar-refractivity contribution in [2.24, 2.45) is 0 Å². The van der Waals surface area contributed by atoms with Crippen molar-refractivity contribution in [1.29, 1.82) is 0 Å². The van der Waals surface area contributed by atoms with E-state index in [0.717, 1.165) is 44.2 Å². The first-order valence-electron chi connectivity index (χ1n) is 8.78. The number of benzene rings is 1. The third-order valence-corrected chi connectivity index (χ3v) is 6.43. The van der Waals surface area contributed by atoms with Crippen LogP contribution < -0.4 is 34.6 Å². The van der Waals surface area contributed by atoms with Crippen LogP contribution in [0.2, 0.25) is 0 Å². The Labute approximate surface area is 174 Å². The first-order valence-corrected chi connectivity index (χ1v) is 9.93. The number of thioether (sulfide) groups is 1. The number of nitrogens with one attached hydrogen (secondary N) is 2. The molecule has 27 heavy (non-hydrogen) atoms. The zero-order valence-corrected chi connectivity index (χ0v) is 17.1. The Kier molecular flexibility index (Phi) is 7.76. The summed E-state index contributed by atoms with van der Waals surface area (Å²) in [5.74, 6) is 1.17. The minimum atomic E-state index is -0.241. The van der Waals surface area contributed by atoms with E-state index in [4.69, 9.17) is 0 Å². The molecule has 2 N–H and O–H groups in total. The second kappa shape index (κ2) is 9.43. The lowest BCUT2D eigenvalue weighted by Crippen LogP contribution is -3.26. The van der Waals surface area contributed by atoms with Gasteiger partial charge >= 0.3 is 6.03 Å². The van der Waals surface area contributed by atoms with E-state index < -0.39 is 0 Å². The molecule has 1 aromatic rings. The first kappa shape index (κ1) is 22.2. The van der Waals surface area contributed by atoms with Gasteiger partial charge < -0.3 is 34.6 Å². The maximum atomic E-state index is 13.9. The van der Waals surface area contributed by atoms with Crippen molar-refractivity contribution in [2.75, 3.05) is 50.9 Å². The molecule has 10 heteroatoms. The highest BCUT2D eigenvalue weighted by Crippen LogP contribution is 2.28. The number of hydrogen-bond acceptors (Lipinski definition) is 3. The Morgan fingerprint density at radius 1 is 1.11 bits per heavy atom. The van der Waals surface area contributed by atoms with Crippen LogP contribution in [0.25, 0.3) is 0 Å². The quantitative estimate of drug-likeness (QED) is 0.461. The van der Waals surface area contributed by atoms with Gasteiger partial charge in [0.1, 0.15) is 32.2 Å². The average Bonchev–Trinajstić information content (AvgIpc) is 3.19. The minimum absolute atomic E-state index is 0. The third kappa shape index (κ3) is 4.35. The maximum Gasteiger partial charge on any atom is 0.328 e. The largest absolute Gasteiger partial charge is 1.00 e. The summed E-state index contributed by atoms with van der Waals surface area (Å²) in [6, 6.07) is 6.58. The van der Waals surface area contributed by atoms with Crippen molar-refractivity contribution >= 4 is 29.4 Å². The molecule has 6 nitrogen and oxygen atoms in total. The number of amides is 3. The van der Waals surface area contributed by atoms with Crippen LogP contribution in [-0.4, -0.2) is 78.7 Å². The molecule has 150 valence electrons. The van der Waals surface area contributed by atoms with E-state index in [1.165, 1.54) is 20.8 Å². The summed E-state index contributed by atoms with van der Waals surface area (Å²) in [5.41, 5.74) is 0.740. The lowest BCUT2D eigenvalue weighted by atomic mass is 10.2. The lowest BCUT2D eigenvalue weighted by Gasteiger charge is -2.30. The summed E-state index contributed by atoms with van der Waals surface area (Å²) in [6.45, 7) is 4.83. The molecule has 1 unspecified atom stereocenters. The van der Waals surface area contributed by atoms with Crippen LogP contribution in [0.5, 0.6) is 0 Å². The van der Waals surface area contributed by atoms with E-state index in [1.807, 2.05) is 12.1 Å². The van der Waals surface area contributed by atoms with Crippen molar-refractivity contribution in [2.45, 2.75) is 6.04 Å². The van der Waals surface area contributed by atoms with Crippen LogP contribution in [0.1, 0.15) is 0 Å². The molecular weight excluding hydrogens is 414 g/mol. The van der Waals surface area contributed by atoms with Crippen LogP contribution in [0, 0.1) is 5.82 Å². The normalized spacial score (nSPS) is 27.2. The molecule has 0 aliphatic carbocycles. The number of fused-ring (bicyclic) bond motifs is 1.